The molecule has 1 aliphatic heterocycles. The Bertz CT molecular complexity index is 601. The van der Waals surface area contributed by atoms with Crippen molar-refractivity contribution in [1.29, 1.82) is 0 Å². The van der Waals surface area contributed by atoms with Crippen molar-refractivity contribution < 1.29 is 9.59 Å². The first-order chi connectivity index (χ1) is 11.3. The molecule has 1 aromatic carbocycles. The predicted octanol–water partition coefficient (Wildman–Crippen LogP) is 3.63. The van der Waals surface area contributed by atoms with Gasteiger partial charge >= 0.3 is 0 Å². The van der Waals surface area contributed by atoms with Crippen LogP contribution in [-0.2, 0) is 9.59 Å². The van der Waals surface area contributed by atoms with E-state index in [2.05, 4.69) is 6.92 Å². The normalized spacial score (nSPS) is 16.1. The molecule has 0 aromatic heterocycles. The van der Waals surface area contributed by atoms with Gasteiger partial charge in [0.15, 0.2) is 0 Å². The maximum atomic E-state index is 13.1. The predicted molar refractivity (Wildman–Crippen MR) is 98.0 cm³/mol. The van der Waals surface area contributed by atoms with Crippen LogP contribution < -0.4 is 4.90 Å². The fourth-order valence-electron chi connectivity index (χ4n) is 3.28. The number of nitrogens with zero attached hydrogens (tertiary/aromatic N) is 2. The van der Waals surface area contributed by atoms with Crippen LogP contribution in [0.2, 0.25) is 0 Å². The Kier molecular flexibility index (Phi) is 5.68. The lowest BCUT2D eigenvalue weighted by atomic mass is 9.87. The van der Waals surface area contributed by atoms with Crippen molar-refractivity contribution in [3.05, 3.63) is 29.8 Å². The third kappa shape index (κ3) is 3.80. The largest absolute Gasteiger partial charge is 0.342 e. The number of amides is 2. The minimum Gasteiger partial charge on any atom is -0.342 e. The van der Waals surface area contributed by atoms with E-state index in [4.69, 9.17) is 0 Å². The average molecular weight is 330 g/mol. The summed E-state index contributed by atoms with van der Waals surface area (Å²) in [5, 5.41) is 0. The second kappa shape index (κ2) is 7.37. The molecule has 1 aliphatic rings. The number of aryl methyl sites for hydroxylation is 1. The number of piperidine rings is 1. The molecule has 0 bridgehead atoms. The second-order valence-electron chi connectivity index (χ2n) is 7.49. The maximum absolute atomic E-state index is 13.1. The Balaban J connectivity index is 2.19. The van der Waals surface area contributed by atoms with E-state index in [0.717, 1.165) is 37.2 Å². The van der Waals surface area contributed by atoms with E-state index in [1.165, 1.54) is 0 Å². The molecular formula is C20H30N2O2. The van der Waals surface area contributed by atoms with Gasteiger partial charge in [-0.05, 0) is 64.2 Å². The van der Waals surface area contributed by atoms with Gasteiger partial charge in [0.2, 0.25) is 11.8 Å². The second-order valence-corrected chi connectivity index (χ2v) is 7.49. The monoisotopic (exact) mass is 330 g/mol. The van der Waals surface area contributed by atoms with Gasteiger partial charge < -0.3 is 9.80 Å². The van der Waals surface area contributed by atoms with Crippen LogP contribution in [0.3, 0.4) is 0 Å². The highest BCUT2D eigenvalue weighted by molar-refractivity contribution is 6.11. The summed E-state index contributed by atoms with van der Waals surface area (Å²) < 4.78 is 0. The lowest BCUT2D eigenvalue weighted by Crippen LogP contribution is -2.52. The zero-order chi connectivity index (χ0) is 17.9. The molecule has 0 unspecified atom stereocenters. The van der Waals surface area contributed by atoms with E-state index >= 15 is 0 Å². The number of carbonyl (C=O) groups is 2. The lowest BCUT2D eigenvalue weighted by molar-refractivity contribution is -0.148. The molecule has 4 heteroatoms. The van der Waals surface area contributed by atoms with Crippen LogP contribution in [0.1, 0.15) is 46.1 Å². The van der Waals surface area contributed by atoms with Gasteiger partial charge in [-0.1, -0.05) is 19.1 Å². The summed E-state index contributed by atoms with van der Waals surface area (Å²) in [5.74, 6) is 0.483. The number of benzene rings is 1. The minimum absolute atomic E-state index is 0.0505. The van der Waals surface area contributed by atoms with Crippen LogP contribution in [0.25, 0.3) is 0 Å². The first-order valence-electron chi connectivity index (χ1n) is 8.95. The third-order valence-electron chi connectivity index (χ3n) is 5.01. The molecule has 0 radical (unpaired) electrons. The molecule has 4 nitrogen and oxygen atoms in total. The standard InChI is InChI=1S/C20H30N2O2/c1-6-22(17-9-7-8-16(3)14-17)19(24)20(4,5)18(23)21-12-10-15(2)11-13-21/h7-9,14-15H,6,10-13H2,1-5H3. The van der Waals surface area contributed by atoms with Gasteiger partial charge in [0.25, 0.3) is 0 Å². The van der Waals surface area contributed by atoms with E-state index in [-0.39, 0.29) is 11.8 Å². The smallest absolute Gasteiger partial charge is 0.242 e. The Hall–Kier alpha value is -1.84. The average Bonchev–Trinajstić information content (AvgIpc) is 2.55. The molecule has 24 heavy (non-hydrogen) atoms. The molecular weight excluding hydrogens is 300 g/mol. The van der Waals surface area contributed by atoms with Gasteiger partial charge in [0, 0.05) is 25.3 Å². The van der Waals surface area contributed by atoms with Crippen LogP contribution in [0.4, 0.5) is 5.69 Å². The number of carbonyl (C=O) groups excluding carboxylic acids is 2. The Morgan fingerprint density at radius 2 is 1.88 bits per heavy atom. The topological polar surface area (TPSA) is 40.6 Å². The van der Waals surface area contributed by atoms with Crippen LogP contribution >= 0.6 is 0 Å². The summed E-state index contributed by atoms with van der Waals surface area (Å²) in [4.78, 5) is 29.7. The number of likely N-dealkylation sites (tertiary alicyclic amines) is 1. The van der Waals surface area contributed by atoms with Gasteiger partial charge in [-0.15, -0.1) is 0 Å². The summed E-state index contributed by atoms with van der Waals surface area (Å²) in [6.45, 7) is 11.8. The van der Waals surface area contributed by atoms with Crippen molar-refractivity contribution in [2.75, 3.05) is 24.5 Å². The van der Waals surface area contributed by atoms with Gasteiger partial charge in [-0.2, -0.15) is 0 Å². The van der Waals surface area contributed by atoms with Gasteiger partial charge in [-0.3, -0.25) is 9.59 Å². The highest BCUT2D eigenvalue weighted by Crippen LogP contribution is 2.28. The molecule has 0 saturated carbocycles. The molecule has 1 fully saturated rings. The molecule has 1 aromatic rings. The Morgan fingerprint density at radius 3 is 2.42 bits per heavy atom. The SMILES string of the molecule is CCN(C(=O)C(C)(C)C(=O)N1CCC(C)CC1)c1cccc(C)c1. The molecule has 0 N–H and O–H groups in total. The van der Waals surface area contributed by atoms with Crippen molar-refractivity contribution >= 4 is 17.5 Å². The Morgan fingerprint density at radius 1 is 1.25 bits per heavy atom. The summed E-state index contributed by atoms with van der Waals surface area (Å²) in [7, 11) is 0. The summed E-state index contributed by atoms with van der Waals surface area (Å²) >= 11 is 0. The third-order valence-corrected chi connectivity index (χ3v) is 5.01. The van der Waals surface area contributed by atoms with Gasteiger partial charge in [0.1, 0.15) is 5.41 Å². The van der Waals surface area contributed by atoms with Crippen molar-refractivity contribution in [1.82, 2.24) is 4.90 Å². The van der Waals surface area contributed by atoms with E-state index in [1.807, 2.05) is 43.0 Å². The van der Waals surface area contributed by atoms with Crippen molar-refractivity contribution in [3.8, 4) is 0 Å². The van der Waals surface area contributed by atoms with E-state index in [1.54, 1.807) is 18.7 Å². The number of hydrogen-bond donors (Lipinski definition) is 0. The van der Waals surface area contributed by atoms with Crippen LogP contribution in [0.5, 0.6) is 0 Å². The molecule has 2 amide bonds. The first kappa shape index (κ1) is 18.5. The maximum Gasteiger partial charge on any atom is 0.242 e. The number of anilines is 1. The fraction of sp³-hybridized carbons (Fsp3) is 0.600. The molecule has 132 valence electrons. The summed E-state index contributed by atoms with van der Waals surface area (Å²) in [6, 6.07) is 7.87. The molecule has 2 rings (SSSR count). The van der Waals surface area contributed by atoms with Crippen molar-refractivity contribution in [3.63, 3.8) is 0 Å². The number of hydrogen-bond acceptors (Lipinski definition) is 2. The van der Waals surface area contributed by atoms with Gasteiger partial charge in [-0.25, -0.2) is 0 Å². The fourth-order valence-corrected chi connectivity index (χ4v) is 3.28. The summed E-state index contributed by atoms with van der Waals surface area (Å²) in [5.41, 5.74) is 0.920. The zero-order valence-corrected chi connectivity index (χ0v) is 15.6. The highest BCUT2D eigenvalue weighted by atomic mass is 16.2. The lowest BCUT2D eigenvalue weighted by Gasteiger charge is -2.37. The van der Waals surface area contributed by atoms with E-state index in [9.17, 15) is 9.59 Å². The highest BCUT2D eigenvalue weighted by Gasteiger charge is 2.42. The first-order valence-corrected chi connectivity index (χ1v) is 8.95. The quantitative estimate of drug-likeness (QED) is 0.791. The molecule has 0 spiro atoms. The van der Waals surface area contributed by atoms with E-state index < -0.39 is 5.41 Å². The van der Waals surface area contributed by atoms with Crippen LogP contribution in [0, 0.1) is 18.3 Å². The molecule has 0 atom stereocenters. The van der Waals surface area contributed by atoms with Crippen molar-refractivity contribution in [2.45, 2.75) is 47.5 Å². The minimum atomic E-state index is -1.04. The molecule has 1 saturated heterocycles. The van der Waals surface area contributed by atoms with Crippen molar-refractivity contribution in [2.24, 2.45) is 11.3 Å². The van der Waals surface area contributed by atoms with E-state index in [0.29, 0.717) is 12.5 Å². The zero-order valence-electron chi connectivity index (χ0n) is 15.6. The van der Waals surface area contributed by atoms with Crippen LogP contribution in [0.15, 0.2) is 24.3 Å². The van der Waals surface area contributed by atoms with Crippen LogP contribution in [-0.4, -0.2) is 36.3 Å². The summed E-state index contributed by atoms with van der Waals surface area (Å²) in [6.07, 6.45) is 2.04. The Labute approximate surface area is 145 Å². The number of rotatable bonds is 4. The molecule has 0 aliphatic carbocycles. The van der Waals surface area contributed by atoms with Gasteiger partial charge in [0.05, 0.1) is 0 Å². The molecule has 1 heterocycles.